The first kappa shape index (κ1) is 13.8. The van der Waals surface area contributed by atoms with Crippen LogP contribution in [0, 0.1) is 0 Å². The second-order valence-electron chi connectivity index (χ2n) is 3.35. The number of halogens is 5. The van der Waals surface area contributed by atoms with Crippen molar-refractivity contribution in [3.8, 4) is 0 Å². The summed E-state index contributed by atoms with van der Waals surface area (Å²) >= 11 is 0. The molecule has 17 heavy (non-hydrogen) atoms. The Morgan fingerprint density at radius 3 is 2.12 bits per heavy atom. The van der Waals surface area contributed by atoms with Gasteiger partial charge in [-0.3, -0.25) is 4.79 Å². The van der Waals surface area contributed by atoms with Gasteiger partial charge in [0.2, 0.25) is 0 Å². The molecular formula is C8H7BF5NOS. The minimum absolute atomic E-state index is 0.0461. The van der Waals surface area contributed by atoms with E-state index in [1.165, 1.54) is 0 Å². The van der Waals surface area contributed by atoms with Gasteiger partial charge in [0, 0.05) is 11.3 Å². The average Bonchev–Trinajstić information content (AvgIpc) is 2.13. The summed E-state index contributed by atoms with van der Waals surface area (Å²) < 4.78 is 61.9. The zero-order chi connectivity index (χ0) is 13.5. The molecular weight excluding hydrogens is 264 g/mol. The number of nitrogen functional groups attached to an aromatic ring is 1. The van der Waals surface area contributed by atoms with E-state index >= 15 is 0 Å². The van der Waals surface area contributed by atoms with Gasteiger partial charge in [-0.1, -0.05) is 19.4 Å². The molecule has 1 aromatic carbocycles. The van der Waals surface area contributed by atoms with Crippen molar-refractivity contribution in [2.45, 2.75) is 11.2 Å². The van der Waals surface area contributed by atoms with Crippen molar-refractivity contribution in [1.29, 1.82) is 0 Å². The van der Waals surface area contributed by atoms with Gasteiger partial charge in [-0.25, -0.2) is 0 Å². The number of nitrogens with two attached hydrogens (primary N) is 1. The lowest BCUT2D eigenvalue weighted by atomic mass is 9.95. The van der Waals surface area contributed by atoms with E-state index in [1.807, 2.05) is 0 Å². The van der Waals surface area contributed by atoms with Gasteiger partial charge in [-0.05, 0) is 24.5 Å². The lowest BCUT2D eigenvalue weighted by Gasteiger charge is -2.40. The number of carbonyl (C=O) groups excluding carboxylic acids is 1. The van der Waals surface area contributed by atoms with Crippen LogP contribution < -0.4 is 5.73 Å². The highest BCUT2D eigenvalue weighted by Gasteiger charge is 2.65. The molecule has 0 aromatic heterocycles. The summed E-state index contributed by atoms with van der Waals surface area (Å²) in [6.07, 6.45) is -0.472. The summed E-state index contributed by atoms with van der Waals surface area (Å²) in [4.78, 5) is 8.96. The number of anilines is 1. The van der Waals surface area contributed by atoms with E-state index in [0.29, 0.717) is 6.07 Å². The van der Waals surface area contributed by atoms with Crippen molar-refractivity contribution in [1.82, 2.24) is 0 Å². The Balaban J connectivity index is 3.39. The molecule has 9 heteroatoms. The van der Waals surface area contributed by atoms with E-state index < -0.39 is 32.9 Å². The van der Waals surface area contributed by atoms with Crippen molar-refractivity contribution in [2.75, 3.05) is 5.73 Å². The van der Waals surface area contributed by atoms with Crippen molar-refractivity contribution < 1.29 is 24.2 Å². The zero-order valence-electron chi connectivity index (χ0n) is 8.30. The number of carbonyl (C=O) groups is 1. The Kier molecular flexibility index (Phi) is 2.56. The molecule has 0 amide bonds. The van der Waals surface area contributed by atoms with Crippen LogP contribution in [0.1, 0.15) is 10.4 Å². The molecule has 0 heterocycles. The number of hydrogen-bond acceptors (Lipinski definition) is 2. The minimum atomic E-state index is -9.76. The topological polar surface area (TPSA) is 43.1 Å². The molecule has 0 aliphatic carbocycles. The first-order valence-corrected chi connectivity index (χ1v) is 6.17. The molecule has 0 bridgehead atoms. The summed E-state index contributed by atoms with van der Waals surface area (Å²) in [5.41, 5.74) is 4.14. The highest BCUT2D eigenvalue weighted by Crippen LogP contribution is 3.02. The number of benzene rings is 1. The molecule has 1 aromatic rings. The molecule has 1 rings (SSSR count). The first-order valence-electron chi connectivity index (χ1n) is 4.22. The first-order chi connectivity index (χ1) is 7.35. The Morgan fingerprint density at radius 2 is 1.76 bits per heavy atom. The third-order valence-corrected chi connectivity index (χ3v) is 3.10. The fraction of sp³-hybridized carbons (Fsp3) is 0.125. The van der Waals surface area contributed by atoms with E-state index in [9.17, 15) is 24.2 Å². The van der Waals surface area contributed by atoms with Crippen molar-refractivity contribution in [2.24, 2.45) is 0 Å². The Morgan fingerprint density at radius 1 is 1.24 bits per heavy atom. The number of Topliss-reactive ketones (excluding diaryl/α,β-unsaturated/α-hetero) is 1. The number of hydrogen-bond donors (Lipinski definition) is 1. The van der Waals surface area contributed by atoms with Gasteiger partial charge in [-0.2, -0.15) is 0 Å². The van der Waals surface area contributed by atoms with Crippen molar-refractivity contribution in [3.05, 3.63) is 23.8 Å². The monoisotopic (exact) mass is 271 g/mol. The van der Waals surface area contributed by atoms with Gasteiger partial charge < -0.3 is 5.73 Å². The van der Waals surface area contributed by atoms with Gasteiger partial charge in [-0.15, -0.1) is 0 Å². The summed E-state index contributed by atoms with van der Waals surface area (Å²) in [7, 11) is -4.78. The minimum Gasteiger partial charge on any atom is -0.398 e. The molecule has 94 valence electrons. The van der Waals surface area contributed by atoms with E-state index in [2.05, 4.69) is 0 Å². The third-order valence-electron chi connectivity index (χ3n) is 1.95. The Labute approximate surface area is 95.1 Å². The maximum absolute atomic E-state index is 12.4. The molecule has 0 aliphatic heterocycles. The van der Waals surface area contributed by atoms with Crippen LogP contribution in [0.2, 0.25) is 6.32 Å². The molecule has 0 unspecified atom stereocenters. The Hall–Kier alpha value is -1.25. The average molecular weight is 271 g/mol. The molecule has 0 saturated carbocycles. The molecule has 0 saturated heterocycles. The normalized spacial score (nSPS) is 16.1. The van der Waals surface area contributed by atoms with Crippen molar-refractivity contribution in [3.63, 3.8) is 0 Å². The van der Waals surface area contributed by atoms with Gasteiger partial charge in [0.05, 0.1) is 7.85 Å². The van der Waals surface area contributed by atoms with Crippen LogP contribution in [0.25, 0.3) is 0 Å². The maximum Gasteiger partial charge on any atom is 0.310 e. The molecule has 0 aliphatic rings. The van der Waals surface area contributed by atoms with Crippen LogP contribution in [0.3, 0.4) is 0 Å². The molecule has 2 N–H and O–H groups in total. The highest BCUT2D eigenvalue weighted by atomic mass is 32.5. The third kappa shape index (κ3) is 3.12. The zero-order valence-corrected chi connectivity index (χ0v) is 9.12. The van der Waals surface area contributed by atoms with E-state index in [1.54, 1.807) is 0 Å². The second kappa shape index (κ2) is 3.15. The van der Waals surface area contributed by atoms with E-state index in [0.717, 1.165) is 0 Å². The lowest BCUT2D eigenvalue weighted by molar-refractivity contribution is 0.101. The fourth-order valence-corrected chi connectivity index (χ4v) is 1.82. The number of rotatable bonds is 3. The smallest absolute Gasteiger partial charge is 0.310 e. The van der Waals surface area contributed by atoms with Crippen LogP contribution in [-0.4, -0.2) is 13.6 Å². The quantitative estimate of drug-likeness (QED) is 0.394. The Bertz CT molecular complexity index is 486. The standard InChI is InChI=1S/C8H7BF5NOS/c9-4-8(16)6-2-1-5(3-7(6)15)17(10,11,12,13)14/h1-3H,4,15H2. The van der Waals surface area contributed by atoms with E-state index in [-0.39, 0.29) is 17.7 Å². The van der Waals surface area contributed by atoms with Gasteiger partial charge in [0.15, 0.2) is 5.78 Å². The van der Waals surface area contributed by atoms with Gasteiger partial charge >= 0.3 is 10.2 Å². The molecule has 0 atom stereocenters. The maximum atomic E-state index is 12.4. The van der Waals surface area contributed by atoms with Crippen LogP contribution in [0.4, 0.5) is 25.1 Å². The van der Waals surface area contributed by atoms with Crippen LogP contribution in [0.15, 0.2) is 23.1 Å². The SMILES string of the molecule is [B]CC(=O)c1ccc(S(F)(F)(F)(F)F)cc1N. The fourth-order valence-electron chi connectivity index (χ4n) is 1.14. The predicted molar refractivity (Wildman–Crippen MR) is 57.1 cm³/mol. The molecule has 0 spiro atoms. The second-order valence-corrected chi connectivity index (χ2v) is 5.75. The van der Waals surface area contributed by atoms with Crippen LogP contribution >= 0.6 is 10.2 Å². The van der Waals surface area contributed by atoms with Crippen molar-refractivity contribution >= 4 is 29.5 Å². The highest BCUT2D eigenvalue weighted by molar-refractivity contribution is 8.45. The summed E-state index contributed by atoms with van der Waals surface area (Å²) in [5, 5.41) is 0. The van der Waals surface area contributed by atoms with Gasteiger partial charge in [0.25, 0.3) is 0 Å². The van der Waals surface area contributed by atoms with Crippen LogP contribution in [0.5, 0.6) is 0 Å². The molecule has 0 fully saturated rings. The van der Waals surface area contributed by atoms with Gasteiger partial charge in [0.1, 0.15) is 4.90 Å². The number of ketones is 1. The molecule has 2 radical (unpaired) electrons. The lowest BCUT2D eigenvalue weighted by Crippen LogP contribution is -2.09. The molecule has 2 nitrogen and oxygen atoms in total. The van der Waals surface area contributed by atoms with E-state index in [4.69, 9.17) is 13.6 Å². The summed E-state index contributed by atoms with van der Waals surface area (Å²) in [6.45, 7) is 0. The summed E-state index contributed by atoms with van der Waals surface area (Å²) in [5.74, 6) is -0.726. The largest absolute Gasteiger partial charge is 0.398 e. The predicted octanol–water partition coefficient (Wildman–Crippen LogP) is 3.70. The summed E-state index contributed by atoms with van der Waals surface area (Å²) in [6, 6.07) is 0.767. The van der Waals surface area contributed by atoms with Crippen LogP contribution in [-0.2, 0) is 0 Å².